The largest absolute Gasteiger partial charge is 0.382 e. The highest BCUT2D eigenvalue weighted by Crippen LogP contribution is 2.31. The Hall–Kier alpha value is -0.870. The van der Waals surface area contributed by atoms with Gasteiger partial charge in [0, 0.05) is 25.5 Å². The normalized spacial score (nSPS) is 16.8. The maximum Gasteiger partial charge on any atom is 0.140 e. The number of aromatic nitrogens is 2. The van der Waals surface area contributed by atoms with Crippen molar-refractivity contribution in [3.8, 4) is 0 Å². The van der Waals surface area contributed by atoms with Crippen molar-refractivity contribution in [2.75, 3.05) is 6.61 Å². The van der Waals surface area contributed by atoms with E-state index in [-0.39, 0.29) is 0 Å². The number of ether oxygens (including phenoxy) is 1. The molecule has 0 aliphatic rings. The lowest BCUT2D eigenvalue weighted by atomic mass is 9.95. The monoisotopic (exact) mass is 240 g/mol. The first-order valence-electron chi connectivity index (χ1n) is 6.42. The molecule has 2 unspecified atom stereocenters. The summed E-state index contributed by atoms with van der Waals surface area (Å²) >= 11 is 0. The van der Waals surface area contributed by atoms with Crippen LogP contribution >= 0.6 is 0 Å². The van der Waals surface area contributed by atoms with Crippen molar-refractivity contribution >= 4 is 0 Å². The second kappa shape index (κ2) is 6.17. The van der Waals surface area contributed by atoms with Gasteiger partial charge in [-0.2, -0.15) is 0 Å². The molecule has 1 N–H and O–H groups in total. The van der Waals surface area contributed by atoms with Gasteiger partial charge < -0.3 is 14.4 Å². The van der Waals surface area contributed by atoms with Crippen molar-refractivity contribution in [1.29, 1.82) is 0 Å². The predicted molar refractivity (Wildman–Crippen MR) is 67.8 cm³/mol. The number of hydrogen-bond acceptors (Lipinski definition) is 3. The topological polar surface area (TPSA) is 47.3 Å². The highest BCUT2D eigenvalue weighted by Gasteiger charge is 2.35. The number of aliphatic hydroxyl groups is 1. The molecule has 98 valence electrons. The molecule has 2 atom stereocenters. The second-order valence-electron chi connectivity index (χ2n) is 4.48. The third-order valence-electron chi connectivity index (χ3n) is 3.21. The van der Waals surface area contributed by atoms with Crippen LogP contribution in [0.5, 0.6) is 0 Å². The van der Waals surface area contributed by atoms with Gasteiger partial charge in [-0.05, 0) is 26.7 Å². The third-order valence-corrected chi connectivity index (χ3v) is 3.21. The number of hydrogen-bond donors (Lipinski definition) is 1. The molecule has 0 saturated heterocycles. The lowest BCUT2D eigenvalue weighted by molar-refractivity contribution is -0.117. The average Bonchev–Trinajstić information content (AvgIpc) is 2.77. The number of nitrogens with zero attached hydrogens (tertiary/aromatic N) is 2. The molecule has 0 aliphatic heterocycles. The van der Waals surface area contributed by atoms with Crippen LogP contribution in [-0.2, 0) is 11.3 Å². The first-order valence-corrected chi connectivity index (χ1v) is 6.42. The Morgan fingerprint density at radius 3 is 2.71 bits per heavy atom. The first-order chi connectivity index (χ1) is 8.09. The molecule has 0 spiro atoms. The van der Waals surface area contributed by atoms with Gasteiger partial charge in [0.1, 0.15) is 11.9 Å². The fraction of sp³-hybridized carbons (Fsp3) is 0.769. The Morgan fingerprint density at radius 2 is 2.18 bits per heavy atom. The van der Waals surface area contributed by atoms with E-state index in [1.165, 1.54) is 0 Å². The second-order valence-corrected chi connectivity index (χ2v) is 4.48. The average molecular weight is 240 g/mol. The van der Waals surface area contributed by atoms with Crippen molar-refractivity contribution in [3.05, 3.63) is 18.2 Å². The zero-order valence-corrected chi connectivity index (χ0v) is 11.3. The molecule has 0 aromatic carbocycles. The van der Waals surface area contributed by atoms with Gasteiger partial charge in [-0.1, -0.05) is 13.8 Å². The first kappa shape index (κ1) is 14.2. The summed E-state index contributed by atoms with van der Waals surface area (Å²) in [4.78, 5) is 4.26. The maximum atomic E-state index is 10.5. The van der Waals surface area contributed by atoms with E-state index >= 15 is 0 Å². The van der Waals surface area contributed by atoms with Crippen molar-refractivity contribution in [2.45, 2.75) is 58.8 Å². The molecular formula is C13H24N2O2. The Bertz CT molecular complexity index is 338. The van der Waals surface area contributed by atoms with Gasteiger partial charge in [-0.25, -0.2) is 4.98 Å². The van der Waals surface area contributed by atoms with Crippen LogP contribution in [0.25, 0.3) is 0 Å². The predicted octanol–water partition coefficient (Wildman–Crippen LogP) is 2.53. The Kier molecular flexibility index (Phi) is 5.15. The van der Waals surface area contributed by atoms with Crippen LogP contribution in [0.2, 0.25) is 0 Å². The fourth-order valence-electron chi connectivity index (χ4n) is 1.98. The lowest BCUT2D eigenvalue weighted by Crippen LogP contribution is -2.37. The SMILES string of the molecule is CCCn1ccnc1C(O)C(C)(CC)OCC. The van der Waals surface area contributed by atoms with Gasteiger partial charge >= 0.3 is 0 Å². The summed E-state index contributed by atoms with van der Waals surface area (Å²) in [6, 6.07) is 0. The van der Waals surface area contributed by atoms with Gasteiger partial charge in [0.2, 0.25) is 0 Å². The number of rotatable bonds is 7. The summed E-state index contributed by atoms with van der Waals surface area (Å²) in [5.74, 6) is 0.699. The molecule has 0 amide bonds. The van der Waals surface area contributed by atoms with Crippen molar-refractivity contribution in [2.24, 2.45) is 0 Å². The van der Waals surface area contributed by atoms with E-state index in [9.17, 15) is 5.11 Å². The molecule has 0 saturated carbocycles. The Labute approximate surface area is 104 Å². The van der Waals surface area contributed by atoms with Crippen LogP contribution < -0.4 is 0 Å². The van der Waals surface area contributed by atoms with E-state index in [0.29, 0.717) is 12.4 Å². The smallest absolute Gasteiger partial charge is 0.140 e. The van der Waals surface area contributed by atoms with Gasteiger partial charge in [0.15, 0.2) is 0 Å². The number of aryl methyl sites for hydroxylation is 1. The zero-order valence-electron chi connectivity index (χ0n) is 11.3. The maximum absolute atomic E-state index is 10.5. The van der Waals surface area contributed by atoms with Crippen LogP contribution in [0.3, 0.4) is 0 Å². The van der Waals surface area contributed by atoms with Crippen LogP contribution in [-0.4, -0.2) is 26.9 Å². The van der Waals surface area contributed by atoms with E-state index in [4.69, 9.17) is 4.74 Å². The molecule has 1 heterocycles. The zero-order chi connectivity index (χ0) is 12.9. The van der Waals surface area contributed by atoms with Crippen LogP contribution in [0, 0.1) is 0 Å². The minimum Gasteiger partial charge on any atom is -0.382 e. The van der Waals surface area contributed by atoms with Crippen LogP contribution in [0.15, 0.2) is 12.4 Å². The summed E-state index contributed by atoms with van der Waals surface area (Å²) in [5.41, 5.74) is -0.564. The van der Waals surface area contributed by atoms with Crippen LogP contribution in [0.4, 0.5) is 0 Å². The quantitative estimate of drug-likeness (QED) is 0.796. The molecule has 1 aromatic rings. The molecule has 0 radical (unpaired) electrons. The highest BCUT2D eigenvalue weighted by molar-refractivity contribution is 5.03. The van der Waals surface area contributed by atoms with E-state index in [0.717, 1.165) is 19.4 Å². The molecule has 1 rings (SSSR count). The molecule has 0 aliphatic carbocycles. The van der Waals surface area contributed by atoms with Crippen LogP contribution in [0.1, 0.15) is 52.5 Å². The van der Waals surface area contributed by atoms with E-state index in [1.54, 1.807) is 6.20 Å². The van der Waals surface area contributed by atoms with Crippen molar-refractivity contribution < 1.29 is 9.84 Å². The van der Waals surface area contributed by atoms with Crippen molar-refractivity contribution in [1.82, 2.24) is 9.55 Å². The number of aliphatic hydroxyl groups excluding tert-OH is 1. The van der Waals surface area contributed by atoms with E-state index in [2.05, 4.69) is 11.9 Å². The summed E-state index contributed by atoms with van der Waals surface area (Å²) in [6.07, 6.45) is 4.73. The lowest BCUT2D eigenvalue weighted by Gasteiger charge is -2.33. The standard InChI is InChI=1S/C13H24N2O2/c1-5-9-15-10-8-14-12(15)11(16)13(4,6-2)17-7-3/h8,10-11,16H,5-7,9H2,1-4H3. The van der Waals surface area contributed by atoms with Gasteiger partial charge in [-0.3, -0.25) is 0 Å². The summed E-state index contributed by atoms with van der Waals surface area (Å²) in [7, 11) is 0. The Balaban J connectivity index is 2.92. The molecule has 0 bridgehead atoms. The summed E-state index contributed by atoms with van der Waals surface area (Å²) in [6.45, 7) is 9.48. The van der Waals surface area contributed by atoms with E-state index < -0.39 is 11.7 Å². The number of imidazole rings is 1. The Morgan fingerprint density at radius 1 is 1.47 bits per heavy atom. The summed E-state index contributed by atoms with van der Waals surface area (Å²) < 4.78 is 7.69. The minimum atomic E-state index is -0.686. The van der Waals surface area contributed by atoms with E-state index in [1.807, 2.05) is 31.5 Å². The third kappa shape index (κ3) is 3.07. The molecule has 0 fully saturated rings. The van der Waals surface area contributed by atoms with Gasteiger partial charge in [0.05, 0.1) is 5.60 Å². The fourth-order valence-corrected chi connectivity index (χ4v) is 1.98. The molecule has 4 nitrogen and oxygen atoms in total. The van der Waals surface area contributed by atoms with Gasteiger partial charge in [-0.15, -0.1) is 0 Å². The molecule has 4 heteroatoms. The molecular weight excluding hydrogens is 216 g/mol. The minimum absolute atomic E-state index is 0.564. The van der Waals surface area contributed by atoms with Gasteiger partial charge in [0.25, 0.3) is 0 Å². The molecule has 17 heavy (non-hydrogen) atoms. The molecule has 1 aromatic heterocycles. The summed E-state index contributed by atoms with van der Waals surface area (Å²) in [5, 5.41) is 10.5. The highest BCUT2D eigenvalue weighted by atomic mass is 16.5. The van der Waals surface area contributed by atoms with Crippen molar-refractivity contribution in [3.63, 3.8) is 0 Å².